The quantitative estimate of drug-likeness (QED) is 0.412. The maximum Gasteiger partial charge on any atom is 0.220 e. The van der Waals surface area contributed by atoms with Crippen LogP contribution in [0.15, 0.2) is 12.2 Å². The van der Waals surface area contributed by atoms with Gasteiger partial charge < -0.3 is 10.4 Å². The first-order chi connectivity index (χ1) is 11.4. The van der Waals surface area contributed by atoms with Gasteiger partial charge in [0.2, 0.25) is 5.91 Å². The van der Waals surface area contributed by atoms with Gasteiger partial charge in [-0.25, -0.2) is 0 Å². The zero-order valence-electron chi connectivity index (χ0n) is 16.2. The Morgan fingerprint density at radius 1 is 1.21 bits per heavy atom. The molecule has 1 aliphatic carbocycles. The van der Waals surface area contributed by atoms with Gasteiger partial charge in [0, 0.05) is 6.42 Å². The molecular formula is C21H39NO2. The van der Waals surface area contributed by atoms with Crippen LogP contribution in [-0.4, -0.2) is 23.7 Å². The van der Waals surface area contributed by atoms with Gasteiger partial charge in [-0.15, -0.1) is 0 Å². The average Bonchev–Trinajstić information content (AvgIpc) is 2.53. The average molecular weight is 338 g/mol. The van der Waals surface area contributed by atoms with E-state index in [1.165, 1.54) is 38.5 Å². The molecule has 1 amide bonds. The predicted molar refractivity (Wildman–Crippen MR) is 102 cm³/mol. The maximum atomic E-state index is 12.0. The number of allylic oxidation sites excluding steroid dienone is 2. The lowest BCUT2D eigenvalue weighted by Crippen LogP contribution is -2.37. The molecule has 24 heavy (non-hydrogen) atoms. The summed E-state index contributed by atoms with van der Waals surface area (Å²) in [6, 6.07) is -0.0650. The fourth-order valence-corrected chi connectivity index (χ4v) is 3.40. The van der Waals surface area contributed by atoms with Gasteiger partial charge in [0.15, 0.2) is 0 Å². The molecule has 0 bridgehead atoms. The first kappa shape index (κ1) is 21.2. The lowest BCUT2D eigenvalue weighted by molar-refractivity contribution is -0.122. The van der Waals surface area contributed by atoms with Crippen molar-refractivity contribution in [2.45, 2.75) is 97.4 Å². The smallest absolute Gasteiger partial charge is 0.220 e. The van der Waals surface area contributed by atoms with E-state index in [1.807, 2.05) is 0 Å². The summed E-state index contributed by atoms with van der Waals surface area (Å²) >= 11 is 0. The van der Waals surface area contributed by atoms with E-state index < -0.39 is 0 Å². The lowest BCUT2D eigenvalue weighted by atomic mass is 9.89. The molecule has 0 saturated carbocycles. The third-order valence-corrected chi connectivity index (χ3v) is 4.96. The topological polar surface area (TPSA) is 49.3 Å². The maximum absolute atomic E-state index is 12.0. The van der Waals surface area contributed by atoms with Crippen LogP contribution in [0.3, 0.4) is 0 Å². The van der Waals surface area contributed by atoms with Crippen molar-refractivity contribution in [3.8, 4) is 0 Å². The van der Waals surface area contributed by atoms with Crippen LogP contribution in [0.1, 0.15) is 91.4 Å². The minimum atomic E-state index is -0.0650. The lowest BCUT2D eigenvalue weighted by Gasteiger charge is -2.19. The van der Waals surface area contributed by atoms with Crippen LogP contribution in [0, 0.1) is 11.3 Å². The number of rotatable bonds is 11. The molecule has 2 N–H and O–H groups in total. The molecule has 0 radical (unpaired) electrons. The third kappa shape index (κ3) is 10.9. The van der Waals surface area contributed by atoms with Gasteiger partial charge in [0.1, 0.15) is 0 Å². The fourth-order valence-electron chi connectivity index (χ4n) is 3.40. The van der Waals surface area contributed by atoms with E-state index in [2.05, 4.69) is 38.2 Å². The Balaban J connectivity index is 2.08. The molecule has 1 rings (SSSR count). The van der Waals surface area contributed by atoms with Crippen molar-refractivity contribution in [3.05, 3.63) is 12.2 Å². The second kappa shape index (κ2) is 11.7. The van der Waals surface area contributed by atoms with Crippen molar-refractivity contribution in [1.29, 1.82) is 0 Å². The summed E-state index contributed by atoms with van der Waals surface area (Å²) in [6.07, 6.45) is 16.5. The van der Waals surface area contributed by atoms with E-state index in [1.54, 1.807) is 0 Å². The zero-order chi connectivity index (χ0) is 17.8. The Hall–Kier alpha value is -0.830. The van der Waals surface area contributed by atoms with E-state index >= 15 is 0 Å². The molecule has 0 aromatic heterocycles. The van der Waals surface area contributed by atoms with E-state index in [9.17, 15) is 9.90 Å². The molecule has 2 atom stereocenters. The third-order valence-electron chi connectivity index (χ3n) is 4.96. The molecule has 0 spiro atoms. The van der Waals surface area contributed by atoms with Gasteiger partial charge in [-0.2, -0.15) is 0 Å². The number of unbranched alkanes of at least 4 members (excludes halogenated alkanes) is 2. The summed E-state index contributed by atoms with van der Waals surface area (Å²) < 4.78 is 0. The Morgan fingerprint density at radius 3 is 2.62 bits per heavy atom. The number of nitrogens with one attached hydrogen (secondary N) is 1. The summed E-state index contributed by atoms with van der Waals surface area (Å²) in [5.74, 6) is 0.870. The molecule has 140 valence electrons. The molecular weight excluding hydrogens is 298 g/mol. The van der Waals surface area contributed by atoms with Crippen LogP contribution in [0.4, 0.5) is 0 Å². The van der Waals surface area contributed by atoms with Gasteiger partial charge >= 0.3 is 0 Å². The highest BCUT2D eigenvalue weighted by Crippen LogP contribution is 2.24. The van der Waals surface area contributed by atoms with Crippen LogP contribution in [0.25, 0.3) is 0 Å². The summed E-state index contributed by atoms with van der Waals surface area (Å²) in [5.41, 5.74) is 0.402. The van der Waals surface area contributed by atoms with Crippen molar-refractivity contribution in [3.63, 3.8) is 0 Å². The highest BCUT2D eigenvalue weighted by atomic mass is 16.3. The van der Waals surface area contributed by atoms with Crippen LogP contribution >= 0.6 is 0 Å². The first-order valence-electron chi connectivity index (χ1n) is 9.96. The van der Waals surface area contributed by atoms with Crippen molar-refractivity contribution < 1.29 is 9.90 Å². The number of carbonyl (C=O) groups excluding carboxylic acids is 1. The minimum Gasteiger partial charge on any atom is -0.394 e. The normalized spacial score (nSPS) is 19.2. The number of aliphatic hydroxyl groups excluding tert-OH is 1. The molecule has 0 aliphatic heterocycles. The molecule has 0 fully saturated rings. The zero-order valence-corrected chi connectivity index (χ0v) is 16.2. The monoisotopic (exact) mass is 337 g/mol. The van der Waals surface area contributed by atoms with Crippen LogP contribution < -0.4 is 5.32 Å². The second-order valence-electron chi connectivity index (χ2n) is 8.65. The van der Waals surface area contributed by atoms with Gasteiger partial charge in [0.05, 0.1) is 12.6 Å². The van der Waals surface area contributed by atoms with Crippen molar-refractivity contribution in [1.82, 2.24) is 5.32 Å². The Bertz CT molecular complexity index is 371. The summed E-state index contributed by atoms with van der Waals surface area (Å²) in [7, 11) is 0. The Labute approximate surface area is 149 Å². The molecule has 0 aromatic rings. The molecule has 3 heteroatoms. The molecule has 0 aromatic carbocycles. The summed E-state index contributed by atoms with van der Waals surface area (Å²) in [4.78, 5) is 12.0. The minimum absolute atomic E-state index is 0.0540. The van der Waals surface area contributed by atoms with Crippen molar-refractivity contribution >= 4 is 5.91 Å². The van der Waals surface area contributed by atoms with Crippen LogP contribution in [-0.2, 0) is 4.79 Å². The highest BCUT2D eigenvalue weighted by molar-refractivity contribution is 5.76. The highest BCUT2D eigenvalue weighted by Gasteiger charge is 2.14. The number of aliphatic hydroxyl groups is 1. The number of hydrogen-bond acceptors (Lipinski definition) is 2. The van der Waals surface area contributed by atoms with E-state index in [-0.39, 0.29) is 18.6 Å². The molecule has 1 aliphatic rings. The van der Waals surface area contributed by atoms with E-state index in [4.69, 9.17) is 0 Å². The van der Waals surface area contributed by atoms with Gasteiger partial charge in [-0.1, -0.05) is 52.2 Å². The van der Waals surface area contributed by atoms with Gasteiger partial charge in [-0.3, -0.25) is 4.79 Å². The second-order valence-corrected chi connectivity index (χ2v) is 8.65. The number of carbonyl (C=O) groups is 1. The number of amides is 1. The van der Waals surface area contributed by atoms with Gasteiger partial charge in [0.25, 0.3) is 0 Å². The summed E-state index contributed by atoms with van der Waals surface area (Å²) in [5, 5.41) is 12.5. The van der Waals surface area contributed by atoms with Crippen LogP contribution in [0.2, 0.25) is 0 Å². The Morgan fingerprint density at radius 2 is 2.00 bits per heavy atom. The largest absolute Gasteiger partial charge is 0.394 e. The van der Waals surface area contributed by atoms with Crippen LogP contribution in [0.5, 0.6) is 0 Å². The fraction of sp³-hybridized carbons (Fsp3) is 0.857. The predicted octanol–water partition coefficient (Wildman–Crippen LogP) is 4.99. The molecule has 3 nitrogen and oxygen atoms in total. The first-order valence-corrected chi connectivity index (χ1v) is 9.96. The van der Waals surface area contributed by atoms with E-state index in [0.717, 1.165) is 31.6 Å². The SMILES string of the molecule is CC(C)(C)CCCCCC(CO)NC(=O)CCC[C@H]1CC=CCC1. The molecule has 0 saturated heterocycles. The molecule has 1 unspecified atom stereocenters. The molecule has 0 heterocycles. The Kier molecular flexibility index (Phi) is 10.3. The van der Waals surface area contributed by atoms with Crippen molar-refractivity contribution in [2.24, 2.45) is 11.3 Å². The van der Waals surface area contributed by atoms with Crippen molar-refractivity contribution in [2.75, 3.05) is 6.61 Å². The summed E-state index contributed by atoms with van der Waals surface area (Å²) in [6.45, 7) is 6.87. The van der Waals surface area contributed by atoms with Gasteiger partial charge in [-0.05, 0) is 56.3 Å². The number of hydrogen-bond donors (Lipinski definition) is 2. The standard InChI is InChI=1S/C21H39NO2/c1-21(2,3)16-9-5-8-14-19(17-23)22-20(24)15-10-13-18-11-6-4-7-12-18/h4,6,18-19,23H,5,7-17H2,1-3H3,(H,22,24)/t18-,19?/m0/s1. The van der Waals surface area contributed by atoms with E-state index in [0.29, 0.717) is 11.8 Å².